The third kappa shape index (κ3) is 3.21. The molecule has 0 atom stereocenters. The number of aliphatic hydroxyl groups excluding tert-OH is 1. The number of benzene rings is 2. The smallest absolute Gasteiger partial charge is 0.338 e. The Morgan fingerprint density at radius 2 is 2.19 bits per heavy atom. The maximum absolute atomic E-state index is 12.5. The van der Waals surface area contributed by atoms with Gasteiger partial charge in [-0.15, -0.1) is 0 Å². The average Bonchev–Trinajstić information content (AvgIpc) is 3.29. The first-order chi connectivity index (χ1) is 13.0. The fraction of sp³-hybridized carbons (Fsp3) is 0.300. The van der Waals surface area contributed by atoms with Crippen LogP contribution in [0, 0.1) is 0 Å². The lowest BCUT2D eigenvalue weighted by Gasteiger charge is -2.24. The van der Waals surface area contributed by atoms with Crippen molar-refractivity contribution in [1.29, 1.82) is 0 Å². The number of fused-ring (bicyclic) bond motifs is 2. The number of hydrazine groups is 1. The van der Waals surface area contributed by atoms with Crippen LogP contribution in [0.2, 0.25) is 0 Å². The van der Waals surface area contributed by atoms with Crippen molar-refractivity contribution in [3.63, 3.8) is 0 Å². The first-order valence-electron chi connectivity index (χ1n) is 8.99. The third-order valence-corrected chi connectivity index (χ3v) is 5.12. The van der Waals surface area contributed by atoms with E-state index < -0.39 is 0 Å². The number of aliphatic hydroxyl groups is 1. The monoisotopic (exact) mass is 365 g/mol. The highest BCUT2D eigenvalue weighted by molar-refractivity contribution is 6.00. The first-order valence-corrected chi connectivity index (χ1v) is 8.99. The van der Waals surface area contributed by atoms with Crippen molar-refractivity contribution in [3.8, 4) is 0 Å². The van der Waals surface area contributed by atoms with E-state index in [9.17, 15) is 9.90 Å². The van der Waals surface area contributed by atoms with E-state index >= 15 is 0 Å². The van der Waals surface area contributed by atoms with Gasteiger partial charge in [0.25, 0.3) is 0 Å². The van der Waals surface area contributed by atoms with Crippen molar-refractivity contribution in [2.75, 3.05) is 23.5 Å². The molecule has 1 aromatic heterocycles. The van der Waals surface area contributed by atoms with Gasteiger partial charge in [-0.2, -0.15) is 5.10 Å². The van der Waals surface area contributed by atoms with Gasteiger partial charge in [0.2, 0.25) is 0 Å². The molecular formula is C20H23N5O2. The Balaban J connectivity index is 1.49. The van der Waals surface area contributed by atoms with Gasteiger partial charge in [-0.3, -0.25) is 10.1 Å². The summed E-state index contributed by atoms with van der Waals surface area (Å²) in [7, 11) is 0. The van der Waals surface area contributed by atoms with Crippen LogP contribution in [-0.4, -0.2) is 34.5 Å². The van der Waals surface area contributed by atoms with E-state index in [-0.39, 0.29) is 18.1 Å². The summed E-state index contributed by atoms with van der Waals surface area (Å²) in [6, 6.07) is 11.5. The standard InChI is InChI=1S/C20H23N5O2/c1-20(2,12-26)14-6-7-18-13(10-14)8-9-25(18)24-19(27)22-16-4-3-5-17-15(16)11-21-23-17/h3-7,10-11,26H,8-9,12H2,1-2H3,(H,21,23)(H2,22,24,27). The molecular weight excluding hydrogens is 342 g/mol. The molecule has 140 valence electrons. The van der Waals surface area contributed by atoms with Gasteiger partial charge < -0.3 is 10.4 Å². The topological polar surface area (TPSA) is 93.3 Å². The van der Waals surface area contributed by atoms with E-state index in [4.69, 9.17) is 0 Å². The third-order valence-electron chi connectivity index (χ3n) is 5.12. The number of anilines is 2. The summed E-state index contributed by atoms with van der Waals surface area (Å²) >= 11 is 0. The summed E-state index contributed by atoms with van der Waals surface area (Å²) in [4.78, 5) is 12.5. The molecule has 0 radical (unpaired) electrons. The lowest BCUT2D eigenvalue weighted by Crippen LogP contribution is -2.43. The number of nitrogens with one attached hydrogen (secondary N) is 3. The van der Waals surface area contributed by atoms with Crippen molar-refractivity contribution < 1.29 is 9.90 Å². The molecule has 1 aliphatic rings. The Bertz CT molecular complexity index is 995. The van der Waals surface area contributed by atoms with Crippen LogP contribution < -0.4 is 15.8 Å². The number of aromatic nitrogens is 2. The number of carbonyl (C=O) groups excluding carboxylic acids is 1. The molecule has 7 nitrogen and oxygen atoms in total. The number of nitrogens with zero attached hydrogens (tertiary/aromatic N) is 2. The minimum atomic E-state index is -0.295. The number of urea groups is 1. The second kappa shape index (κ2) is 6.59. The van der Waals surface area contributed by atoms with E-state index in [1.165, 1.54) is 5.56 Å². The summed E-state index contributed by atoms with van der Waals surface area (Å²) in [5.74, 6) is 0. The number of carbonyl (C=O) groups is 1. The average molecular weight is 365 g/mol. The number of aromatic amines is 1. The van der Waals surface area contributed by atoms with Crippen LogP contribution in [-0.2, 0) is 11.8 Å². The number of H-pyrrole nitrogens is 1. The zero-order valence-electron chi connectivity index (χ0n) is 15.4. The molecule has 0 bridgehead atoms. The van der Waals surface area contributed by atoms with Gasteiger partial charge in [-0.25, -0.2) is 10.2 Å². The van der Waals surface area contributed by atoms with Gasteiger partial charge >= 0.3 is 6.03 Å². The molecule has 7 heteroatoms. The van der Waals surface area contributed by atoms with Crippen LogP contribution in [0.4, 0.5) is 16.2 Å². The van der Waals surface area contributed by atoms with Crippen LogP contribution in [0.1, 0.15) is 25.0 Å². The van der Waals surface area contributed by atoms with Crippen molar-refractivity contribution in [1.82, 2.24) is 15.6 Å². The molecule has 0 saturated heterocycles. The molecule has 2 aromatic carbocycles. The molecule has 0 aliphatic carbocycles. The molecule has 4 N–H and O–H groups in total. The van der Waals surface area contributed by atoms with Gasteiger partial charge in [0.1, 0.15) is 0 Å². The van der Waals surface area contributed by atoms with Crippen LogP contribution in [0.3, 0.4) is 0 Å². The Hall–Kier alpha value is -3.06. The van der Waals surface area contributed by atoms with E-state index in [1.807, 2.05) is 49.2 Å². The van der Waals surface area contributed by atoms with Crippen LogP contribution in [0.5, 0.6) is 0 Å². The number of hydrogen-bond donors (Lipinski definition) is 4. The van der Waals surface area contributed by atoms with E-state index in [0.717, 1.165) is 28.6 Å². The first kappa shape index (κ1) is 17.4. The second-order valence-electron chi connectivity index (χ2n) is 7.49. The maximum atomic E-state index is 12.5. The molecule has 1 aliphatic heterocycles. The van der Waals surface area contributed by atoms with Gasteiger partial charge in [-0.1, -0.05) is 32.0 Å². The Morgan fingerprint density at radius 3 is 3.00 bits per heavy atom. The SMILES string of the molecule is CC(C)(CO)c1ccc2c(c1)CCN2NC(=O)Nc1cccc2[nH]ncc12. The molecule has 27 heavy (non-hydrogen) atoms. The van der Waals surface area contributed by atoms with Crippen molar-refractivity contribution >= 4 is 28.3 Å². The van der Waals surface area contributed by atoms with Gasteiger partial charge in [0, 0.05) is 17.3 Å². The van der Waals surface area contributed by atoms with Crippen LogP contribution in [0.25, 0.3) is 10.9 Å². The van der Waals surface area contributed by atoms with Gasteiger partial charge in [0.05, 0.1) is 29.7 Å². The Kier molecular flexibility index (Phi) is 4.24. The van der Waals surface area contributed by atoms with Gasteiger partial charge in [0.15, 0.2) is 0 Å². The summed E-state index contributed by atoms with van der Waals surface area (Å²) < 4.78 is 0. The van der Waals surface area contributed by atoms with E-state index in [1.54, 1.807) is 6.20 Å². The fourth-order valence-corrected chi connectivity index (χ4v) is 3.38. The summed E-state index contributed by atoms with van der Waals surface area (Å²) in [5, 5.41) is 22.1. The Morgan fingerprint density at radius 1 is 1.33 bits per heavy atom. The predicted molar refractivity (Wildman–Crippen MR) is 106 cm³/mol. The number of rotatable bonds is 4. The lowest BCUT2D eigenvalue weighted by molar-refractivity contribution is 0.218. The predicted octanol–water partition coefficient (Wildman–Crippen LogP) is 2.93. The fourth-order valence-electron chi connectivity index (χ4n) is 3.38. The molecule has 0 saturated carbocycles. The number of amides is 2. The lowest BCUT2D eigenvalue weighted by atomic mass is 9.84. The molecule has 2 heterocycles. The highest BCUT2D eigenvalue weighted by Gasteiger charge is 2.25. The molecule has 2 amide bonds. The van der Waals surface area contributed by atoms with Crippen molar-refractivity contribution in [2.45, 2.75) is 25.7 Å². The van der Waals surface area contributed by atoms with Crippen molar-refractivity contribution in [2.24, 2.45) is 0 Å². The van der Waals surface area contributed by atoms with E-state index in [2.05, 4.69) is 27.0 Å². The minimum Gasteiger partial charge on any atom is -0.395 e. The largest absolute Gasteiger partial charge is 0.395 e. The second-order valence-corrected chi connectivity index (χ2v) is 7.49. The summed E-state index contributed by atoms with van der Waals surface area (Å²) in [5.41, 5.74) is 7.48. The van der Waals surface area contributed by atoms with Crippen LogP contribution >= 0.6 is 0 Å². The van der Waals surface area contributed by atoms with E-state index in [0.29, 0.717) is 12.2 Å². The highest BCUT2D eigenvalue weighted by atomic mass is 16.3. The zero-order valence-corrected chi connectivity index (χ0v) is 15.4. The maximum Gasteiger partial charge on any atom is 0.338 e. The number of hydrogen-bond acceptors (Lipinski definition) is 4. The van der Waals surface area contributed by atoms with Crippen LogP contribution in [0.15, 0.2) is 42.6 Å². The Labute approximate surface area is 157 Å². The molecule has 0 unspecified atom stereocenters. The normalized spacial score (nSPS) is 13.7. The minimum absolute atomic E-state index is 0.0930. The van der Waals surface area contributed by atoms with Gasteiger partial charge in [-0.05, 0) is 35.7 Å². The van der Waals surface area contributed by atoms with Crippen molar-refractivity contribution in [3.05, 3.63) is 53.7 Å². The quantitative estimate of drug-likeness (QED) is 0.572. The molecule has 3 aromatic rings. The summed E-state index contributed by atoms with van der Waals surface area (Å²) in [6.45, 7) is 4.84. The zero-order chi connectivity index (χ0) is 19.0. The molecule has 4 rings (SSSR count). The molecule has 0 fully saturated rings. The summed E-state index contributed by atoms with van der Waals surface area (Å²) in [6.07, 6.45) is 2.54. The molecule has 0 spiro atoms. The highest BCUT2D eigenvalue weighted by Crippen LogP contribution is 2.32.